The number of aliphatic hydroxyl groups excluding tert-OH is 2. The molecule has 0 radical (unpaired) electrons. The summed E-state index contributed by atoms with van der Waals surface area (Å²) in [6.45, 7) is 11.0. The second kappa shape index (κ2) is 36.6. The van der Waals surface area contributed by atoms with Crippen molar-refractivity contribution < 1.29 is 29.3 Å². The predicted octanol–water partition coefficient (Wildman–Crippen LogP) is 10.9. The zero-order chi connectivity index (χ0) is 36.2. The Morgan fingerprint density at radius 1 is 0.490 bits per heavy atom. The fourth-order valence-electron chi connectivity index (χ4n) is 6.65. The van der Waals surface area contributed by atoms with Gasteiger partial charge in [0.1, 0.15) is 12.2 Å². The molecule has 0 amide bonds. The largest absolute Gasteiger partial charge is 0.462 e. The van der Waals surface area contributed by atoms with Crippen LogP contribution in [0.2, 0.25) is 0 Å². The number of unbranched alkanes of at least 4 members (excludes halogenated alkanes) is 17. The van der Waals surface area contributed by atoms with E-state index < -0.39 is 6.10 Å². The molecule has 0 spiro atoms. The summed E-state index contributed by atoms with van der Waals surface area (Å²) in [5, 5.41) is 19.5. The number of aliphatic hydroxyl groups is 2. The highest BCUT2D eigenvalue weighted by molar-refractivity contribution is 5.69. The number of hydrogen-bond acceptors (Lipinski definition) is 7. The third-order valence-corrected chi connectivity index (χ3v) is 9.74. The fourth-order valence-corrected chi connectivity index (χ4v) is 6.65. The Morgan fingerprint density at radius 3 is 1.33 bits per heavy atom. The van der Waals surface area contributed by atoms with Crippen molar-refractivity contribution in [1.82, 2.24) is 4.90 Å². The van der Waals surface area contributed by atoms with E-state index >= 15 is 0 Å². The molecule has 0 aliphatic rings. The number of rotatable bonds is 38. The van der Waals surface area contributed by atoms with Crippen molar-refractivity contribution in [3.05, 3.63) is 0 Å². The van der Waals surface area contributed by atoms with E-state index in [2.05, 4.69) is 32.6 Å². The lowest BCUT2D eigenvalue weighted by Gasteiger charge is -2.24. The van der Waals surface area contributed by atoms with E-state index in [1.165, 1.54) is 57.8 Å². The maximum Gasteiger partial charge on any atom is 0.306 e. The van der Waals surface area contributed by atoms with Gasteiger partial charge < -0.3 is 24.6 Å². The molecule has 3 unspecified atom stereocenters. The van der Waals surface area contributed by atoms with Gasteiger partial charge >= 0.3 is 11.9 Å². The molecule has 7 nitrogen and oxygen atoms in total. The summed E-state index contributed by atoms with van der Waals surface area (Å²) in [4.78, 5) is 27.2. The first-order chi connectivity index (χ1) is 23.9. The number of nitrogens with zero attached hydrogens (tertiary/aromatic N) is 1. The molecule has 0 aliphatic heterocycles. The lowest BCUT2D eigenvalue weighted by molar-refractivity contribution is -0.151. The highest BCUT2D eigenvalue weighted by atomic mass is 16.5. The molecular weight excluding hydrogens is 614 g/mol. The molecule has 0 rings (SSSR count). The summed E-state index contributed by atoms with van der Waals surface area (Å²) in [6.07, 6.45) is 30.5. The normalized spacial score (nSPS) is 13.4. The number of ether oxygens (including phenoxy) is 2. The van der Waals surface area contributed by atoms with Gasteiger partial charge in [0.2, 0.25) is 0 Å². The van der Waals surface area contributed by atoms with Gasteiger partial charge in [-0.05, 0) is 83.7 Å². The summed E-state index contributed by atoms with van der Waals surface area (Å²) in [5.74, 6) is -0.0547. The van der Waals surface area contributed by atoms with Crippen LogP contribution in [0.3, 0.4) is 0 Å². The van der Waals surface area contributed by atoms with E-state index in [0.29, 0.717) is 19.4 Å². The molecule has 0 aromatic heterocycles. The Bertz CT molecular complexity index is 719. The van der Waals surface area contributed by atoms with Gasteiger partial charge in [-0.2, -0.15) is 0 Å². The first-order valence-electron chi connectivity index (χ1n) is 21.3. The maximum atomic E-state index is 12.5. The van der Waals surface area contributed by atoms with Crippen molar-refractivity contribution in [3.63, 3.8) is 0 Å². The van der Waals surface area contributed by atoms with Gasteiger partial charge in [0.25, 0.3) is 0 Å². The van der Waals surface area contributed by atoms with E-state index in [4.69, 9.17) is 9.47 Å². The maximum absolute atomic E-state index is 12.5. The summed E-state index contributed by atoms with van der Waals surface area (Å²) in [6, 6.07) is 0. The average molecular weight is 698 g/mol. The Morgan fingerprint density at radius 2 is 0.857 bits per heavy atom. The fraction of sp³-hybridized carbons (Fsp3) is 0.952. The molecule has 2 N–H and O–H groups in total. The van der Waals surface area contributed by atoms with Gasteiger partial charge in [-0.1, -0.05) is 130 Å². The minimum absolute atomic E-state index is 0.0230. The van der Waals surface area contributed by atoms with E-state index in [0.717, 1.165) is 129 Å². The number of esters is 2. The quantitative estimate of drug-likeness (QED) is 0.0489. The highest BCUT2D eigenvalue weighted by Crippen LogP contribution is 2.18. The number of carbonyl (C=O) groups excluding carboxylic acids is 2. The molecule has 0 heterocycles. The van der Waals surface area contributed by atoms with E-state index in [-0.39, 0.29) is 30.8 Å². The third kappa shape index (κ3) is 32.5. The van der Waals surface area contributed by atoms with Crippen LogP contribution in [0, 0.1) is 0 Å². The molecule has 3 atom stereocenters. The van der Waals surface area contributed by atoms with Crippen molar-refractivity contribution in [2.75, 3.05) is 26.2 Å². The van der Waals surface area contributed by atoms with Crippen LogP contribution in [0.25, 0.3) is 0 Å². The standard InChI is InChI=1S/C42H83NO6/c1-5-9-12-16-23-30-39(28-8-4)48-41(46)32-24-17-14-19-26-34-43(36-38(45)37-44)35-27-20-15-18-25-33-42(47)49-40(29-21-11-7-3)31-22-13-10-6-2/h38-40,44-45H,5-37H2,1-4H3. The minimum atomic E-state index is -0.706. The van der Waals surface area contributed by atoms with Gasteiger partial charge in [0.15, 0.2) is 0 Å². The second-order valence-corrected chi connectivity index (χ2v) is 14.7. The van der Waals surface area contributed by atoms with Gasteiger partial charge in [0.05, 0.1) is 12.7 Å². The molecule has 0 fully saturated rings. The summed E-state index contributed by atoms with van der Waals surface area (Å²) >= 11 is 0. The monoisotopic (exact) mass is 698 g/mol. The van der Waals surface area contributed by atoms with E-state index in [9.17, 15) is 19.8 Å². The first kappa shape index (κ1) is 47.8. The van der Waals surface area contributed by atoms with Crippen LogP contribution in [0.4, 0.5) is 0 Å². The molecule has 0 aromatic rings. The summed E-state index contributed by atoms with van der Waals surface area (Å²) < 4.78 is 11.7. The average Bonchev–Trinajstić information content (AvgIpc) is 3.08. The lowest BCUT2D eigenvalue weighted by Crippen LogP contribution is -2.35. The van der Waals surface area contributed by atoms with Crippen molar-refractivity contribution in [1.29, 1.82) is 0 Å². The summed E-state index contributed by atoms with van der Waals surface area (Å²) in [5.41, 5.74) is 0. The molecule has 0 saturated carbocycles. The zero-order valence-electron chi connectivity index (χ0n) is 33.0. The van der Waals surface area contributed by atoms with Crippen LogP contribution >= 0.6 is 0 Å². The van der Waals surface area contributed by atoms with Crippen molar-refractivity contribution in [2.24, 2.45) is 0 Å². The predicted molar refractivity (Wildman–Crippen MR) is 206 cm³/mol. The number of hydrogen-bond donors (Lipinski definition) is 2. The van der Waals surface area contributed by atoms with Gasteiger partial charge in [-0.25, -0.2) is 0 Å². The third-order valence-electron chi connectivity index (χ3n) is 9.74. The Balaban J connectivity index is 4.16. The van der Waals surface area contributed by atoms with Crippen molar-refractivity contribution in [2.45, 2.75) is 232 Å². The Hall–Kier alpha value is -1.18. The van der Waals surface area contributed by atoms with Crippen LogP contribution in [0.1, 0.15) is 214 Å². The molecule has 0 aliphatic carbocycles. The van der Waals surface area contributed by atoms with Crippen LogP contribution in [0.15, 0.2) is 0 Å². The van der Waals surface area contributed by atoms with Gasteiger partial charge in [-0.15, -0.1) is 0 Å². The zero-order valence-corrected chi connectivity index (χ0v) is 33.0. The van der Waals surface area contributed by atoms with Gasteiger partial charge in [-0.3, -0.25) is 9.59 Å². The SMILES string of the molecule is CCCCCCCC(CCC)OC(=O)CCCCCCCN(CCCCCCCC(=O)OC(CCCCC)CCCCCC)CC(O)CO. The first-order valence-corrected chi connectivity index (χ1v) is 21.3. The van der Waals surface area contributed by atoms with Crippen LogP contribution in [0.5, 0.6) is 0 Å². The van der Waals surface area contributed by atoms with Crippen molar-refractivity contribution in [3.8, 4) is 0 Å². The minimum Gasteiger partial charge on any atom is -0.462 e. The molecule has 0 saturated heterocycles. The highest BCUT2D eigenvalue weighted by Gasteiger charge is 2.15. The Labute approximate surface area is 304 Å². The smallest absolute Gasteiger partial charge is 0.306 e. The van der Waals surface area contributed by atoms with Crippen LogP contribution < -0.4 is 0 Å². The van der Waals surface area contributed by atoms with Gasteiger partial charge in [0, 0.05) is 19.4 Å². The van der Waals surface area contributed by atoms with Crippen LogP contribution in [-0.2, 0) is 19.1 Å². The molecule has 0 aromatic carbocycles. The molecular formula is C42H83NO6. The summed E-state index contributed by atoms with van der Waals surface area (Å²) in [7, 11) is 0. The topological polar surface area (TPSA) is 96.3 Å². The van der Waals surface area contributed by atoms with Crippen molar-refractivity contribution >= 4 is 11.9 Å². The molecule has 0 bridgehead atoms. The van der Waals surface area contributed by atoms with E-state index in [1.807, 2.05) is 0 Å². The Kier molecular flexibility index (Phi) is 35.7. The van der Waals surface area contributed by atoms with E-state index in [1.54, 1.807) is 0 Å². The molecule has 292 valence electrons. The lowest BCUT2D eigenvalue weighted by atomic mass is 10.0. The second-order valence-electron chi connectivity index (χ2n) is 14.7. The molecule has 7 heteroatoms. The van der Waals surface area contributed by atoms with Crippen LogP contribution in [-0.4, -0.2) is 71.6 Å². The molecule has 49 heavy (non-hydrogen) atoms. The number of carbonyl (C=O) groups is 2.